The lowest BCUT2D eigenvalue weighted by molar-refractivity contribution is -0.890. The minimum atomic E-state index is -6.00. The molecule has 1 atom stereocenters. The molecule has 7 nitrogen and oxygen atoms in total. The van der Waals surface area contributed by atoms with Crippen molar-refractivity contribution in [1.82, 2.24) is 20.1 Å². The summed E-state index contributed by atoms with van der Waals surface area (Å²) < 4.78 is 78.0. The lowest BCUT2D eigenvalue weighted by Crippen LogP contribution is -3.13. The SMILES string of the molecule is CON1CN(OC)CN(N2CCCC[NH+]([C+]3CCCCCCC3)CC2)C1.F[B-](F)(F)F.F[B-](F)(F)F. The normalized spacial score (nSPS) is 24.8. The standard InChI is InChI=1S/C19H39N5O2.2BF4/c1-25-23-16-22(17-24(18-23)26-2)21-13-9-8-12-20(14-15-21)19-10-6-4-3-5-7-11-19;2*2-1(3,4)5/h20H,3-18H2,1-2H3;;/q+2;2*-1. The number of nitrogens with zero attached hydrogens (tertiary/aromatic N) is 4. The molecule has 1 saturated carbocycles. The monoisotopic (exact) mass is 543 g/mol. The maximum Gasteiger partial charge on any atom is 0.673 e. The Morgan fingerprint density at radius 2 is 1.06 bits per heavy atom. The molecule has 0 spiro atoms. The van der Waals surface area contributed by atoms with Crippen LogP contribution >= 0.6 is 0 Å². The van der Waals surface area contributed by atoms with Gasteiger partial charge in [0.05, 0.1) is 34.1 Å². The molecule has 1 unspecified atom stereocenters. The maximum absolute atomic E-state index is 9.75. The third-order valence-corrected chi connectivity index (χ3v) is 6.15. The third-order valence-electron chi connectivity index (χ3n) is 6.15. The van der Waals surface area contributed by atoms with Crippen LogP contribution in [-0.2, 0) is 9.68 Å². The van der Waals surface area contributed by atoms with E-state index in [1.807, 2.05) is 16.2 Å². The lowest BCUT2D eigenvalue weighted by atomic mass is 9.95. The van der Waals surface area contributed by atoms with E-state index in [1.54, 1.807) is 19.1 Å². The van der Waals surface area contributed by atoms with Crippen LogP contribution in [0.5, 0.6) is 0 Å². The van der Waals surface area contributed by atoms with E-state index in [2.05, 4.69) is 10.0 Å². The van der Waals surface area contributed by atoms with Gasteiger partial charge in [0.25, 0.3) is 6.04 Å². The van der Waals surface area contributed by atoms with Gasteiger partial charge in [-0.1, -0.05) is 6.42 Å². The zero-order valence-electron chi connectivity index (χ0n) is 21.1. The quantitative estimate of drug-likeness (QED) is 0.332. The summed E-state index contributed by atoms with van der Waals surface area (Å²) in [7, 11) is -8.52. The molecule has 3 rings (SSSR count). The van der Waals surface area contributed by atoms with Crippen LogP contribution in [0, 0.1) is 6.04 Å². The van der Waals surface area contributed by atoms with Gasteiger partial charge in [-0.25, -0.2) is 10.0 Å². The Morgan fingerprint density at radius 3 is 1.53 bits per heavy atom. The molecule has 0 bridgehead atoms. The number of hydroxylamine groups is 4. The summed E-state index contributed by atoms with van der Waals surface area (Å²) in [6.07, 6.45) is 12.4. The van der Waals surface area contributed by atoms with Gasteiger partial charge in [-0.15, -0.1) is 0 Å². The second-order valence-corrected chi connectivity index (χ2v) is 8.88. The first-order valence-electron chi connectivity index (χ1n) is 12.3. The first-order chi connectivity index (χ1) is 16.8. The number of hydrogen-bond acceptors (Lipinski definition) is 6. The number of hydrogen-bond donors (Lipinski definition) is 1. The first-order valence-corrected chi connectivity index (χ1v) is 12.3. The maximum atomic E-state index is 9.75. The predicted octanol–water partition coefficient (Wildman–Crippen LogP) is 3.67. The first kappa shape index (κ1) is 33.2. The molecule has 214 valence electrons. The largest absolute Gasteiger partial charge is 0.673 e. The molecular weight excluding hydrogens is 504 g/mol. The minimum absolute atomic E-state index is 0.687. The van der Waals surface area contributed by atoms with Crippen LogP contribution < -0.4 is 4.90 Å². The molecule has 2 aliphatic heterocycles. The van der Waals surface area contributed by atoms with Crippen molar-refractivity contribution in [3.8, 4) is 0 Å². The Balaban J connectivity index is 0.000000550. The average molecular weight is 543 g/mol. The highest BCUT2D eigenvalue weighted by molar-refractivity contribution is 6.50. The van der Waals surface area contributed by atoms with E-state index in [-0.39, 0.29) is 0 Å². The van der Waals surface area contributed by atoms with Gasteiger partial charge in [0.1, 0.15) is 32.6 Å². The smallest absolute Gasteiger partial charge is 0.418 e. The topological polar surface area (TPSA) is 35.9 Å². The fourth-order valence-electron chi connectivity index (χ4n) is 4.54. The molecular formula is C19H39B2F8N5O2. The molecule has 0 aromatic rings. The van der Waals surface area contributed by atoms with E-state index < -0.39 is 14.5 Å². The van der Waals surface area contributed by atoms with Crippen LogP contribution in [0.3, 0.4) is 0 Å². The lowest BCUT2D eigenvalue weighted by Gasteiger charge is -2.44. The van der Waals surface area contributed by atoms with E-state index in [1.165, 1.54) is 70.9 Å². The molecule has 36 heavy (non-hydrogen) atoms. The highest BCUT2D eigenvalue weighted by Gasteiger charge is 2.36. The van der Waals surface area contributed by atoms with Crippen molar-refractivity contribution in [3.05, 3.63) is 6.04 Å². The van der Waals surface area contributed by atoms with Gasteiger partial charge in [-0.3, -0.25) is 9.68 Å². The second-order valence-electron chi connectivity index (χ2n) is 8.88. The highest BCUT2D eigenvalue weighted by atomic mass is 19.5. The molecule has 0 aromatic heterocycles. The number of quaternary nitrogens is 1. The van der Waals surface area contributed by atoms with Crippen LogP contribution in [-0.4, -0.2) is 95.1 Å². The zero-order valence-corrected chi connectivity index (χ0v) is 21.1. The van der Waals surface area contributed by atoms with Gasteiger partial charge >= 0.3 is 14.5 Å². The predicted molar refractivity (Wildman–Crippen MR) is 122 cm³/mol. The fraction of sp³-hybridized carbons (Fsp3) is 0.947. The zero-order chi connectivity index (χ0) is 27.2. The van der Waals surface area contributed by atoms with Crippen molar-refractivity contribution in [2.24, 2.45) is 0 Å². The minimum Gasteiger partial charge on any atom is -0.418 e. The van der Waals surface area contributed by atoms with Crippen molar-refractivity contribution in [3.63, 3.8) is 0 Å². The van der Waals surface area contributed by atoms with E-state index in [4.69, 9.17) is 9.68 Å². The Morgan fingerprint density at radius 1 is 0.583 bits per heavy atom. The van der Waals surface area contributed by atoms with Gasteiger partial charge in [-0.2, -0.15) is 15.0 Å². The van der Waals surface area contributed by atoms with Crippen molar-refractivity contribution in [1.29, 1.82) is 0 Å². The van der Waals surface area contributed by atoms with Gasteiger partial charge in [0.2, 0.25) is 0 Å². The van der Waals surface area contributed by atoms with E-state index >= 15 is 0 Å². The number of halogens is 8. The van der Waals surface area contributed by atoms with Gasteiger partial charge in [0.15, 0.2) is 0 Å². The molecule has 17 heteroatoms. The van der Waals surface area contributed by atoms with E-state index in [9.17, 15) is 34.5 Å². The Kier molecular flexibility index (Phi) is 15.6. The molecule has 3 fully saturated rings. The van der Waals surface area contributed by atoms with Crippen LogP contribution in [0.25, 0.3) is 0 Å². The summed E-state index contributed by atoms with van der Waals surface area (Å²) >= 11 is 0. The molecule has 0 radical (unpaired) electrons. The van der Waals surface area contributed by atoms with E-state index in [0.29, 0.717) is 6.67 Å². The molecule has 2 saturated heterocycles. The van der Waals surface area contributed by atoms with Gasteiger partial charge < -0.3 is 34.5 Å². The number of rotatable bonds is 4. The Labute approximate surface area is 208 Å². The summed E-state index contributed by atoms with van der Waals surface area (Å²) in [5.74, 6) is 0. The third kappa shape index (κ3) is 16.8. The molecule has 0 aromatic carbocycles. The number of hydrazine groups is 1. The number of nitrogens with one attached hydrogen (secondary N) is 1. The molecule has 0 amide bonds. The summed E-state index contributed by atoms with van der Waals surface area (Å²) in [6.45, 7) is 7.12. The summed E-state index contributed by atoms with van der Waals surface area (Å²) in [6, 6.07) is 1.81. The van der Waals surface area contributed by atoms with Crippen molar-refractivity contribution in [2.75, 3.05) is 60.4 Å². The summed E-state index contributed by atoms with van der Waals surface area (Å²) in [5.41, 5.74) is 0. The molecule has 1 N–H and O–H groups in total. The van der Waals surface area contributed by atoms with Crippen LogP contribution in [0.2, 0.25) is 0 Å². The van der Waals surface area contributed by atoms with Gasteiger partial charge in [0, 0.05) is 13.0 Å². The van der Waals surface area contributed by atoms with E-state index in [0.717, 1.165) is 26.4 Å². The second kappa shape index (κ2) is 16.9. The Bertz CT molecular complexity index is 539. The summed E-state index contributed by atoms with van der Waals surface area (Å²) in [5, 5.41) is 8.79. The summed E-state index contributed by atoms with van der Waals surface area (Å²) in [4.78, 5) is 12.7. The molecule has 3 aliphatic rings. The van der Waals surface area contributed by atoms with Crippen molar-refractivity contribution in [2.45, 2.75) is 57.8 Å². The fourth-order valence-corrected chi connectivity index (χ4v) is 4.54. The van der Waals surface area contributed by atoms with Crippen LogP contribution in [0.1, 0.15) is 57.8 Å². The van der Waals surface area contributed by atoms with Crippen molar-refractivity contribution < 1.29 is 49.1 Å². The van der Waals surface area contributed by atoms with Gasteiger partial charge in [-0.05, 0) is 32.1 Å². The van der Waals surface area contributed by atoms with Crippen LogP contribution in [0.4, 0.5) is 34.5 Å². The molecule has 2 heterocycles. The molecule has 1 aliphatic carbocycles. The average Bonchev–Trinajstić information content (AvgIpc) is 2.71. The van der Waals surface area contributed by atoms with Crippen LogP contribution in [0.15, 0.2) is 0 Å². The highest BCUT2D eigenvalue weighted by Crippen LogP contribution is 2.20. The van der Waals surface area contributed by atoms with Crippen molar-refractivity contribution >= 4 is 14.5 Å². The Hall–Kier alpha value is -0.840.